The van der Waals surface area contributed by atoms with Crippen molar-refractivity contribution >= 4 is 5.91 Å². The van der Waals surface area contributed by atoms with Gasteiger partial charge in [-0.1, -0.05) is 30.8 Å². The number of amides is 1. The van der Waals surface area contributed by atoms with Crippen LogP contribution in [0, 0.1) is 12.8 Å². The Balaban J connectivity index is 1.51. The smallest absolute Gasteiger partial charge is 0.231 e. The summed E-state index contributed by atoms with van der Waals surface area (Å²) in [5.74, 6) is 2.68. The SMILES string of the molecule is Cc1noc(C2CCCN(C(=O)CCC3CCCC3)C2)n1. The van der Waals surface area contributed by atoms with Crippen molar-refractivity contribution in [2.45, 2.75) is 64.2 Å². The first-order valence-corrected chi connectivity index (χ1v) is 8.30. The van der Waals surface area contributed by atoms with Crippen molar-refractivity contribution in [1.82, 2.24) is 15.0 Å². The van der Waals surface area contributed by atoms with E-state index in [0.717, 1.165) is 38.3 Å². The average Bonchev–Trinajstić information content (AvgIpc) is 3.16. The maximum absolute atomic E-state index is 12.4. The fraction of sp³-hybridized carbons (Fsp3) is 0.812. The van der Waals surface area contributed by atoms with Gasteiger partial charge in [0.1, 0.15) is 0 Å². The van der Waals surface area contributed by atoms with Crippen molar-refractivity contribution in [3.8, 4) is 0 Å². The molecule has 2 heterocycles. The van der Waals surface area contributed by atoms with Gasteiger partial charge < -0.3 is 9.42 Å². The number of hydrogen-bond donors (Lipinski definition) is 0. The van der Waals surface area contributed by atoms with Gasteiger partial charge in [-0.2, -0.15) is 4.98 Å². The van der Waals surface area contributed by atoms with Gasteiger partial charge in [0.2, 0.25) is 11.8 Å². The summed E-state index contributed by atoms with van der Waals surface area (Å²) in [5.41, 5.74) is 0. The molecule has 0 bridgehead atoms. The minimum Gasteiger partial charge on any atom is -0.342 e. The highest BCUT2D eigenvalue weighted by molar-refractivity contribution is 5.76. The van der Waals surface area contributed by atoms with E-state index < -0.39 is 0 Å². The number of carbonyl (C=O) groups is 1. The molecule has 116 valence electrons. The van der Waals surface area contributed by atoms with Crippen LogP contribution in [0.4, 0.5) is 0 Å². The van der Waals surface area contributed by atoms with Gasteiger partial charge in [0.15, 0.2) is 5.82 Å². The van der Waals surface area contributed by atoms with Gasteiger partial charge in [0.05, 0.1) is 5.92 Å². The number of rotatable bonds is 4. The summed E-state index contributed by atoms with van der Waals surface area (Å²) in [4.78, 5) is 18.7. The summed E-state index contributed by atoms with van der Waals surface area (Å²) < 4.78 is 5.27. The van der Waals surface area contributed by atoms with E-state index in [-0.39, 0.29) is 5.92 Å². The molecular formula is C16H25N3O2. The van der Waals surface area contributed by atoms with Gasteiger partial charge in [0.25, 0.3) is 0 Å². The van der Waals surface area contributed by atoms with Crippen molar-refractivity contribution in [2.24, 2.45) is 5.92 Å². The predicted octanol–water partition coefficient (Wildman–Crippen LogP) is 3.05. The minimum atomic E-state index is 0.218. The molecule has 5 nitrogen and oxygen atoms in total. The number of likely N-dealkylation sites (tertiary alicyclic amines) is 1. The highest BCUT2D eigenvalue weighted by Crippen LogP contribution is 2.30. The van der Waals surface area contributed by atoms with E-state index in [0.29, 0.717) is 24.0 Å². The van der Waals surface area contributed by atoms with E-state index in [4.69, 9.17) is 4.52 Å². The van der Waals surface area contributed by atoms with Crippen molar-refractivity contribution in [2.75, 3.05) is 13.1 Å². The average molecular weight is 291 g/mol. The molecule has 1 amide bonds. The molecule has 1 aliphatic carbocycles. The zero-order valence-electron chi connectivity index (χ0n) is 12.9. The first-order valence-electron chi connectivity index (χ1n) is 8.30. The summed E-state index contributed by atoms with van der Waals surface area (Å²) >= 11 is 0. The largest absolute Gasteiger partial charge is 0.342 e. The monoisotopic (exact) mass is 291 g/mol. The molecule has 21 heavy (non-hydrogen) atoms. The molecular weight excluding hydrogens is 266 g/mol. The van der Waals surface area contributed by atoms with Gasteiger partial charge in [-0.05, 0) is 32.1 Å². The zero-order valence-corrected chi connectivity index (χ0v) is 12.9. The first kappa shape index (κ1) is 14.5. The van der Waals surface area contributed by atoms with Crippen LogP contribution in [0.3, 0.4) is 0 Å². The van der Waals surface area contributed by atoms with Crippen LogP contribution in [0.5, 0.6) is 0 Å². The molecule has 1 unspecified atom stereocenters. The van der Waals surface area contributed by atoms with Crippen LogP contribution in [0.2, 0.25) is 0 Å². The standard InChI is InChI=1S/C16H25N3O2/c1-12-17-16(21-18-12)14-7-4-10-19(11-14)15(20)9-8-13-5-2-3-6-13/h13-14H,2-11H2,1H3. The Kier molecular flexibility index (Phi) is 4.56. The van der Waals surface area contributed by atoms with Crippen molar-refractivity contribution in [1.29, 1.82) is 0 Å². The number of aryl methyl sites for hydroxylation is 1. The fourth-order valence-electron chi connectivity index (χ4n) is 3.67. The summed E-state index contributed by atoms with van der Waals surface area (Å²) in [6.07, 6.45) is 9.17. The zero-order chi connectivity index (χ0) is 14.7. The maximum atomic E-state index is 12.4. The number of nitrogens with zero attached hydrogens (tertiary/aromatic N) is 3. The molecule has 1 saturated heterocycles. The third kappa shape index (κ3) is 3.63. The number of carbonyl (C=O) groups excluding carboxylic acids is 1. The Morgan fingerprint density at radius 1 is 1.29 bits per heavy atom. The molecule has 1 saturated carbocycles. The van der Waals surface area contributed by atoms with Crippen molar-refractivity contribution in [3.05, 3.63) is 11.7 Å². The number of aromatic nitrogens is 2. The normalized spacial score (nSPS) is 23.7. The minimum absolute atomic E-state index is 0.218. The second-order valence-electron chi connectivity index (χ2n) is 6.55. The molecule has 0 aromatic carbocycles. The lowest BCUT2D eigenvalue weighted by molar-refractivity contribution is -0.132. The molecule has 2 aliphatic rings. The second-order valence-corrected chi connectivity index (χ2v) is 6.55. The van der Waals surface area contributed by atoms with E-state index in [1.165, 1.54) is 25.7 Å². The maximum Gasteiger partial charge on any atom is 0.231 e. The van der Waals surface area contributed by atoms with Crippen LogP contribution in [0.1, 0.15) is 69.0 Å². The van der Waals surface area contributed by atoms with Crippen LogP contribution in [0.25, 0.3) is 0 Å². The number of hydrogen-bond acceptors (Lipinski definition) is 4. The van der Waals surface area contributed by atoms with E-state index in [1.54, 1.807) is 0 Å². The summed E-state index contributed by atoms with van der Waals surface area (Å²) in [5, 5.41) is 3.86. The summed E-state index contributed by atoms with van der Waals surface area (Å²) in [7, 11) is 0. The topological polar surface area (TPSA) is 59.2 Å². The quantitative estimate of drug-likeness (QED) is 0.855. The Morgan fingerprint density at radius 3 is 2.81 bits per heavy atom. The van der Waals surface area contributed by atoms with E-state index in [9.17, 15) is 4.79 Å². The highest BCUT2D eigenvalue weighted by Gasteiger charge is 2.28. The Morgan fingerprint density at radius 2 is 2.10 bits per heavy atom. The van der Waals surface area contributed by atoms with Gasteiger partial charge >= 0.3 is 0 Å². The fourth-order valence-corrected chi connectivity index (χ4v) is 3.67. The Hall–Kier alpha value is -1.39. The molecule has 1 aliphatic heterocycles. The molecule has 5 heteroatoms. The van der Waals surface area contributed by atoms with Crippen LogP contribution in [-0.2, 0) is 4.79 Å². The van der Waals surface area contributed by atoms with Gasteiger partial charge in [-0.25, -0.2) is 0 Å². The van der Waals surface area contributed by atoms with E-state index in [2.05, 4.69) is 10.1 Å². The second kappa shape index (κ2) is 6.58. The van der Waals surface area contributed by atoms with Gasteiger partial charge in [0, 0.05) is 19.5 Å². The van der Waals surface area contributed by atoms with Gasteiger partial charge in [-0.3, -0.25) is 4.79 Å². The molecule has 3 rings (SSSR count). The summed E-state index contributed by atoms with van der Waals surface area (Å²) in [6, 6.07) is 0. The van der Waals surface area contributed by atoms with E-state index in [1.807, 2.05) is 11.8 Å². The Bertz CT molecular complexity index is 480. The Labute approximate surface area is 126 Å². The van der Waals surface area contributed by atoms with Crippen molar-refractivity contribution in [3.63, 3.8) is 0 Å². The van der Waals surface area contributed by atoms with Crippen molar-refractivity contribution < 1.29 is 9.32 Å². The molecule has 0 spiro atoms. The summed E-state index contributed by atoms with van der Waals surface area (Å²) in [6.45, 7) is 3.46. The molecule has 0 N–H and O–H groups in total. The predicted molar refractivity (Wildman–Crippen MR) is 78.8 cm³/mol. The lowest BCUT2D eigenvalue weighted by atomic mass is 9.96. The third-order valence-corrected chi connectivity index (χ3v) is 4.91. The van der Waals surface area contributed by atoms with Crippen LogP contribution in [-0.4, -0.2) is 34.0 Å². The van der Waals surface area contributed by atoms with Crippen LogP contribution < -0.4 is 0 Å². The third-order valence-electron chi connectivity index (χ3n) is 4.91. The van der Waals surface area contributed by atoms with E-state index >= 15 is 0 Å². The van der Waals surface area contributed by atoms with Crippen LogP contribution >= 0.6 is 0 Å². The highest BCUT2D eigenvalue weighted by atomic mass is 16.5. The molecule has 1 atom stereocenters. The molecule has 2 fully saturated rings. The van der Waals surface area contributed by atoms with Gasteiger partial charge in [-0.15, -0.1) is 0 Å². The molecule has 0 radical (unpaired) electrons. The lowest BCUT2D eigenvalue weighted by Gasteiger charge is -2.31. The molecule has 1 aromatic rings. The lowest BCUT2D eigenvalue weighted by Crippen LogP contribution is -2.39. The first-order chi connectivity index (χ1) is 10.2. The number of piperidine rings is 1. The van der Waals surface area contributed by atoms with Crippen LogP contribution in [0.15, 0.2) is 4.52 Å². The molecule has 1 aromatic heterocycles.